The molecule has 4 aromatic rings. The van der Waals surface area contributed by atoms with Crippen molar-refractivity contribution in [3.05, 3.63) is 131 Å². The Hall–Kier alpha value is -4.08. The minimum absolute atomic E-state index is 0.198. The molecule has 3 heterocycles. The van der Waals surface area contributed by atoms with Gasteiger partial charge in [-0.25, -0.2) is 9.79 Å². The number of carbonyl (C=O) groups excluding carboxylic acids is 2. The predicted molar refractivity (Wildman–Crippen MR) is 158 cm³/mol. The van der Waals surface area contributed by atoms with Crippen molar-refractivity contribution >= 4 is 50.4 Å². The van der Waals surface area contributed by atoms with Gasteiger partial charge < -0.3 is 9.64 Å². The maximum atomic E-state index is 14.3. The zero-order valence-electron chi connectivity index (χ0n) is 21.8. The van der Waals surface area contributed by atoms with Gasteiger partial charge in [-0.3, -0.25) is 14.2 Å². The van der Waals surface area contributed by atoms with Crippen LogP contribution < -0.4 is 19.8 Å². The SMILES string of the molecule is CCOC(=O)C1=C(C)N=c2s/c(=C3\C(=O)N(Cc4ccccc4)c4ccc(Br)cc43)c(=O)n2[C@H]1c1ccccc1. The standard InChI is InChI=1S/C31H24BrN3O4S/c1-3-39-30(38)24-18(2)33-31-35(26(24)20-12-8-5-9-13-20)29(37)27(40-31)25-22-16-21(32)14-15-23(22)34(28(25)36)17-19-10-6-4-7-11-19/h4-16,26H,3,17H2,1-2H3/b27-25-/t26-/m0/s1. The van der Waals surface area contributed by atoms with Crippen LogP contribution in [0.4, 0.5) is 5.69 Å². The van der Waals surface area contributed by atoms with Crippen LogP contribution in [0.5, 0.6) is 0 Å². The number of carbonyl (C=O) groups is 2. The summed E-state index contributed by atoms with van der Waals surface area (Å²) in [6.07, 6.45) is 0. The van der Waals surface area contributed by atoms with Gasteiger partial charge >= 0.3 is 5.97 Å². The molecule has 0 radical (unpaired) electrons. The molecule has 6 rings (SSSR count). The molecule has 0 spiro atoms. The predicted octanol–water partition coefficient (Wildman–Crippen LogP) is 4.48. The summed E-state index contributed by atoms with van der Waals surface area (Å²) in [5.74, 6) is -0.768. The number of allylic oxidation sites excluding steroid dienone is 1. The summed E-state index contributed by atoms with van der Waals surface area (Å²) in [6.45, 7) is 4.06. The van der Waals surface area contributed by atoms with Crippen molar-refractivity contribution in [1.29, 1.82) is 0 Å². The molecular weight excluding hydrogens is 590 g/mol. The van der Waals surface area contributed by atoms with E-state index in [4.69, 9.17) is 4.74 Å². The molecule has 200 valence electrons. The molecule has 0 bridgehead atoms. The van der Waals surface area contributed by atoms with Crippen LogP contribution in [0.25, 0.3) is 5.57 Å². The molecule has 2 aliphatic heterocycles. The van der Waals surface area contributed by atoms with Crippen LogP contribution in [0.1, 0.15) is 36.6 Å². The van der Waals surface area contributed by atoms with Gasteiger partial charge in [0, 0.05) is 10.0 Å². The number of thiazole rings is 1. The molecule has 1 atom stereocenters. The van der Waals surface area contributed by atoms with E-state index in [9.17, 15) is 14.4 Å². The number of benzene rings is 3. The lowest BCUT2D eigenvalue weighted by molar-refractivity contribution is -0.139. The fourth-order valence-electron chi connectivity index (χ4n) is 5.24. The Balaban J connectivity index is 1.60. The lowest BCUT2D eigenvalue weighted by Crippen LogP contribution is -2.41. The number of hydrogen-bond donors (Lipinski definition) is 0. The first-order valence-electron chi connectivity index (χ1n) is 12.8. The van der Waals surface area contributed by atoms with Crippen LogP contribution in [0, 0.1) is 0 Å². The number of fused-ring (bicyclic) bond motifs is 2. The largest absolute Gasteiger partial charge is 0.463 e. The van der Waals surface area contributed by atoms with E-state index in [2.05, 4.69) is 20.9 Å². The van der Waals surface area contributed by atoms with Gasteiger partial charge in [0.25, 0.3) is 11.5 Å². The maximum absolute atomic E-state index is 14.3. The normalized spacial score (nSPS) is 17.4. The van der Waals surface area contributed by atoms with Gasteiger partial charge in [-0.2, -0.15) is 0 Å². The van der Waals surface area contributed by atoms with Gasteiger partial charge in [-0.05, 0) is 43.2 Å². The van der Waals surface area contributed by atoms with E-state index in [0.717, 1.165) is 21.3 Å². The Kier molecular flexibility index (Phi) is 6.85. The van der Waals surface area contributed by atoms with Crippen LogP contribution in [0.15, 0.2) is 104 Å². The highest BCUT2D eigenvalue weighted by Gasteiger charge is 2.37. The lowest BCUT2D eigenvalue weighted by atomic mass is 9.96. The second-order valence-corrected chi connectivity index (χ2v) is 11.3. The van der Waals surface area contributed by atoms with E-state index in [-0.39, 0.29) is 22.6 Å². The second-order valence-electron chi connectivity index (χ2n) is 9.45. The summed E-state index contributed by atoms with van der Waals surface area (Å²) in [6, 6.07) is 24.0. The van der Waals surface area contributed by atoms with Gasteiger partial charge in [0.2, 0.25) is 0 Å². The van der Waals surface area contributed by atoms with Crippen molar-refractivity contribution in [2.24, 2.45) is 4.99 Å². The molecule has 0 fully saturated rings. The van der Waals surface area contributed by atoms with E-state index in [1.54, 1.807) is 18.7 Å². The number of ether oxygens (including phenoxy) is 1. The highest BCUT2D eigenvalue weighted by atomic mass is 79.9. The first kappa shape index (κ1) is 26.2. The number of rotatable bonds is 5. The van der Waals surface area contributed by atoms with Crippen LogP contribution in [-0.2, 0) is 20.9 Å². The lowest BCUT2D eigenvalue weighted by Gasteiger charge is -2.24. The van der Waals surface area contributed by atoms with Crippen molar-refractivity contribution in [2.45, 2.75) is 26.4 Å². The van der Waals surface area contributed by atoms with Crippen molar-refractivity contribution < 1.29 is 14.3 Å². The summed E-state index contributed by atoms with van der Waals surface area (Å²) in [4.78, 5) is 48.2. The first-order valence-corrected chi connectivity index (χ1v) is 14.4. The van der Waals surface area contributed by atoms with Crippen LogP contribution in [0.2, 0.25) is 0 Å². The summed E-state index contributed by atoms with van der Waals surface area (Å²) in [7, 11) is 0. The maximum Gasteiger partial charge on any atom is 0.338 e. The monoisotopic (exact) mass is 613 g/mol. The quantitative estimate of drug-likeness (QED) is 0.311. The minimum Gasteiger partial charge on any atom is -0.463 e. The first-order chi connectivity index (χ1) is 19.4. The Morgan fingerprint density at radius 1 is 1.02 bits per heavy atom. The zero-order valence-corrected chi connectivity index (χ0v) is 24.2. The van der Waals surface area contributed by atoms with Gasteiger partial charge in [0.15, 0.2) is 4.80 Å². The third-order valence-electron chi connectivity index (χ3n) is 7.00. The second kappa shape index (κ2) is 10.5. The summed E-state index contributed by atoms with van der Waals surface area (Å²) in [5, 5.41) is 0. The van der Waals surface area contributed by atoms with Crippen molar-refractivity contribution in [3.8, 4) is 0 Å². The van der Waals surface area contributed by atoms with Crippen LogP contribution in [0.3, 0.4) is 0 Å². The average molecular weight is 615 g/mol. The van der Waals surface area contributed by atoms with Crippen molar-refractivity contribution in [1.82, 2.24) is 4.57 Å². The fourth-order valence-corrected chi connectivity index (χ4v) is 6.74. The Bertz CT molecular complexity index is 1880. The van der Waals surface area contributed by atoms with E-state index in [0.29, 0.717) is 33.8 Å². The molecule has 2 aliphatic rings. The molecule has 7 nitrogen and oxygen atoms in total. The van der Waals surface area contributed by atoms with Crippen LogP contribution >= 0.6 is 27.3 Å². The Morgan fingerprint density at radius 3 is 2.42 bits per heavy atom. The van der Waals surface area contributed by atoms with E-state index >= 15 is 0 Å². The molecule has 0 saturated heterocycles. The molecule has 0 aliphatic carbocycles. The zero-order chi connectivity index (χ0) is 28.0. The van der Waals surface area contributed by atoms with E-state index in [1.807, 2.05) is 78.9 Å². The van der Waals surface area contributed by atoms with Crippen molar-refractivity contribution in [2.75, 3.05) is 11.5 Å². The number of anilines is 1. The Labute approximate surface area is 242 Å². The van der Waals surface area contributed by atoms with Crippen molar-refractivity contribution in [3.63, 3.8) is 0 Å². The number of halogens is 1. The number of hydrogen-bond acceptors (Lipinski definition) is 6. The molecule has 40 heavy (non-hydrogen) atoms. The van der Waals surface area contributed by atoms with Gasteiger partial charge in [0.05, 0.1) is 41.7 Å². The van der Waals surface area contributed by atoms with Gasteiger partial charge in [-0.1, -0.05) is 87.9 Å². The van der Waals surface area contributed by atoms with E-state index < -0.39 is 12.0 Å². The number of aromatic nitrogens is 1. The third-order valence-corrected chi connectivity index (χ3v) is 8.54. The van der Waals surface area contributed by atoms with E-state index in [1.165, 1.54) is 15.9 Å². The molecule has 9 heteroatoms. The average Bonchev–Trinajstić information content (AvgIpc) is 3.40. The van der Waals surface area contributed by atoms with Gasteiger partial charge in [0.1, 0.15) is 4.53 Å². The summed E-state index contributed by atoms with van der Waals surface area (Å²) < 4.78 is 7.98. The molecule has 0 unspecified atom stereocenters. The number of esters is 1. The smallest absolute Gasteiger partial charge is 0.338 e. The number of amides is 1. The number of nitrogens with zero attached hydrogens (tertiary/aromatic N) is 3. The third kappa shape index (κ3) is 4.35. The topological polar surface area (TPSA) is 81.0 Å². The molecule has 1 aromatic heterocycles. The fraction of sp³-hybridized carbons (Fsp3) is 0.161. The molecule has 0 N–H and O–H groups in total. The molecule has 1 amide bonds. The summed E-state index contributed by atoms with van der Waals surface area (Å²) >= 11 is 4.70. The molecular formula is C31H24BrN3O4S. The molecule has 3 aromatic carbocycles. The summed E-state index contributed by atoms with van der Waals surface area (Å²) in [5.41, 5.74) is 3.90. The van der Waals surface area contributed by atoms with Crippen LogP contribution in [-0.4, -0.2) is 23.1 Å². The minimum atomic E-state index is -0.732. The highest BCUT2D eigenvalue weighted by molar-refractivity contribution is 9.10. The molecule has 0 saturated carbocycles. The Morgan fingerprint density at radius 2 is 1.73 bits per heavy atom. The van der Waals surface area contributed by atoms with Gasteiger partial charge in [-0.15, -0.1) is 0 Å². The highest BCUT2D eigenvalue weighted by Crippen LogP contribution is 2.38.